The number of Topliss-reactive ketones (excluding diaryl/α,β-unsaturated/α-hetero) is 1. The van der Waals surface area contributed by atoms with E-state index < -0.39 is 35.2 Å². The molecule has 39 heavy (non-hydrogen) atoms. The van der Waals surface area contributed by atoms with Gasteiger partial charge in [-0.2, -0.15) is 0 Å². The third kappa shape index (κ3) is 3.40. The number of anilines is 2. The van der Waals surface area contributed by atoms with E-state index in [2.05, 4.69) is 5.32 Å². The fraction of sp³-hybridized carbons (Fsp3) is 0.258. The van der Waals surface area contributed by atoms with Crippen molar-refractivity contribution < 1.29 is 28.6 Å². The number of ketones is 1. The van der Waals surface area contributed by atoms with Gasteiger partial charge in [-0.05, 0) is 48.4 Å². The Labute approximate surface area is 226 Å². The Bertz CT molecular complexity index is 1530. The molecule has 6 rings (SSSR count). The molecule has 0 aromatic heterocycles. The number of nitrogens with zero attached hydrogens (tertiary/aromatic N) is 1. The number of ether oxygens (including phenoxy) is 3. The minimum atomic E-state index is -1.41. The van der Waals surface area contributed by atoms with Crippen molar-refractivity contribution in [1.29, 1.82) is 0 Å². The lowest BCUT2D eigenvalue weighted by Crippen LogP contribution is -2.51. The Balaban J connectivity index is 1.67. The number of fused-ring (bicyclic) bond motifs is 6. The average Bonchev–Trinajstić information content (AvgIpc) is 3.45. The summed E-state index contributed by atoms with van der Waals surface area (Å²) < 4.78 is 16.6. The molecule has 1 spiro atoms. The molecule has 0 radical (unpaired) electrons. The quantitative estimate of drug-likeness (QED) is 0.381. The molecule has 0 bridgehead atoms. The molecule has 1 amide bonds. The van der Waals surface area contributed by atoms with Gasteiger partial charge in [0.2, 0.25) is 5.91 Å². The predicted molar refractivity (Wildman–Crippen MR) is 146 cm³/mol. The third-order valence-corrected chi connectivity index (χ3v) is 8.02. The van der Waals surface area contributed by atoms with Gasteiger partial charge in [-0.25, -0.2) is 4.79 Å². The van der Waals surface area contributed by atoms with Crippen molar-refractivity contribution in [2.45, 2.75) is 24.4 Å². The molecule has 4 atom stereocenters. The number of hydrogen-bond donors (Lipinski definition) is 1. The van der Waals surface area contributed by atoms with Crippen molar-refractivity contribution in [3.05, 3.63) is 89.5 Å². The van der Waals surface area contributed by atoms with Crippen LogP contribution in [0.3, 0.4) is 0 Å². The lowest BCUT2D eigenvalue weighted by molar-refractivity contribution is -0.145. The number of hydrogen-bond acceptors (Lipinski definition) is 7. The van der Waals surface area contributed by atoms with Gasteiger partial charge in [0.25, 0.3) is 0 Å². The second-order valence-corrected chi connectivity index (χ2v) is 9.74. The molecule has 1 N–H and O–H groups in total. The van der Waals surface area contributed by atoms with Gasteiger partial charge in [0, 0.05) is 11.4 Å². The van der Waals surface area contributed by atoms with Gasteiger partial charge in [0.15, 0.2) is 5.78 Å². The van der Waals surface area contributed by atoms with Crippen molar-refractivity contribution in [2.75, 3.05) is 31.0 Å². The lowest BCUT2D eigenvalue weighted by Gasteiger charge is -2.37. The smallest absolute Gasteiger partial charge is 0.329 e. The summed E-state index contributed by atoms with van der Waals surface area (Å²) in [6.45, 7) is 1.86. The lowest BCUT2D eigenvalue weighted by atomic mass is 9.64. The average molecular weight is 525 g/mol. The zero-order chi connectivity index (χ0) is 27.3. The Hall–Kier alpha value is -4.59. The third-order valence-electron chi connectivity index (χ3n) is 8.02. The summed E-state index contributed by atoms with van der Waals surface area (Å²) in [6, 6.07) is 18.2. The molecule has 3 aromatic carbocycles. The van der Waals surface area contributed by atoms with E-state index in [1.54, 1.807) is 25.1 Å². The van der Waals surface area contributed by atoms with Gasteiger partial charge in [-0.15, -0.1) is 0 Å². The molecule has 8 heteroatoms. The van der Waals surface area contributed by atoms with Gasteiger partial charge in [-0.3, -0.25) is 9.59 Å². The Morgan fingerprint density at radius 1 is 1.00 bits per heavy atom. The molecule has 1 fully saturated rings. The highest BCUT2D eigenvalue weighted by molar-refractivity contribution is 6.17. The molecule has 1 saturated heterocycles. The SMILES string of the molecule is CCOC(=O)C1C(C(=O)c2cc(OC)ccc2OC)C2(C(=O)Nc3ccccc32)C2C=Cc3ccccc3N12. The van der Waals surface area contributed by atoms with E-state index in [-0.39, 0.29) is 18.1 Å². The van der Waals surface area contributed by atoms with E-state index >= 15 is 0 Å². The molecule has 0 aliphatic carbocycles. The van der Waals surface area contributed by atoms with E-state index in [1.807, 2.05) is 65.6 Å². The second kappa shape index (κ2) is 9.31. The van der Waals surface area contributed by atoms with Crippen LogP contribution in [0.5, 0.6) is 11.5 Å². The first-order valence-corrected chi connectivity index (χ1v) is 12.9. The number of carbonyl (C=O) groups excluding carboxylic acids is 3. The Morgan fingerprint density at radius 3 is 2.54 bits per heavy atom. The number of esters is 1. The summed E-state index contributed by atoms with van der Waals surface area (Å²) in [4.78, 5) is 44.8. The topological polar surface area (TPSA) is 94.2 Å². The van der Waals surface area contributed by atoms with E-state index in [9.17, 15) is 14.4 Å². The van der Waals surface area contributed by atoms with Gasteiger partial charge < -0.3 is 24.4 Å². The Morgan fingerprint density at radius 2 is 1.77 bits per heavy atom. The number of benzene rings is 3. The normalized spacial score (nSPS) is 24.0. The zero-order valence-corrected chi connectivity index (χ0v) is 21.8. The number of carbonyl (C=O) groups is 3. The molecular weight excluding hydrogens is 496 g/mol. The zero-order valence-electron chi connectivity index (χ0n) is 21.8. The minimum absolute atomic E-state index is 0.129. The highest BCUT2D eigenvalue weighted by Gasteiger charge is 2.71. The number of rotatable bonds is 6. The molecule has 3 heterocycles. The van der Waals surface area contributed by atoms with Crippen LogP contribution in [0.25, 0.3) is 6.08 Å². The molecular formula is C31H28N2O6. The molecule has 3 aliphatic heterocycles. The maximum Gasteiger partial charge on any atom is 0.329 e. The van der Waals surface area contributed by atoms with Crippen LogP contribution in [0.2, 0.25) is 0 Å². The molecule has 3 aromatic rings. The highest BCUT2D eigenvalue weighted by atomic mass is 16.5. The Kier molecular flexibility index (Phi) is 5.90. The number of methoxy groups -OCH3 is 2. The van der Waals surface area contributed by atoms with Crippen LogP contribution < -0.4 is 19.7 Å². The predicted octanol–water partition coefficient (Wildman–Crippen LogP) is 4.24. The molecule has 8 nitrogen and oxygen atoms in total. The summed E-state index contributed by atoms with van der Waals surface area (Å²) in [5.74, 6) is -1.67. The second-order valence-electron chi connectivity index (χ2n) is 9.74. The fourth-order valence-corrected chi connectivity index (χ4v) is 6.49. The van der Waals surface area contributed by atoms with E-state index in [4.69, 9.17) is 14.2 Å². The van der Waals surface area contributed by atoms with Crippen LogP contribution >= 0.6 is 0 Å². The van der Waals surface area contributed by atoms with Crippen molar-refractivity contribution in [3.8, 4) is 11.5 Å². The van der Waals surface area contributed by atoms with Gasteiger partial charge in [-0.1, -0.05) is 48.6 Å². The molecule has 3 aliphatic rings. The number of para-hydroxylation sites is 2. The molecule has 4 unspecified atom stereocenters. The summed E-state index contributed by atoms with van der Waals surface area (Å²) in [5, 5.41) is 3.01. The van der Waals surface area contributed by atoms with E-state index in [0.29, 0.717) is 22.7 Å². The maximum atomic E-state index is 14.8. The van der Waals surface area contributed by atoms with Crippen molar-refractivity contribution >= 4 is 35.1 Å². The highest BCUT2D eigenvalue weighted by Crippen LogP contribution is 2.58. The van der Waals surface area contributed by atoms with Crippen molar-refractivity contribution in [3.63, 3.8) is 0 Å². The molecule has 198 valence electrons. The minimum Gasteiger partial charge on any atom is -0.497 e. The van der Waals surface area contributed by atoms with Crippen LogP contribution in [0.1, 0.15) is 28.4 Å². The maximum absolute atomic E-state index is 14.8. The van der Waals surface area contributed by atoms with Gasteiger partial charge in [0.1, 0.15) is 23.0 Å². The summed E-state index contributed by atoms with van der Waals surface area (Å²) >= 11 is 0. The number of amides is 1. The van der Waals surface area contributed by atoms with Crippen LogP contribution in [0.15, 0.2) is 72.8 Å². The first-order valence-electron chi connectivity index (χ1n) is 12.9. The fourth-order valence-electron chi connectivity index (χ4n) is 6.49. The van der Waals surface area contributed by atoms with E-state index in [0.717, 1.165) is 11.3 Å². The van der Waals surface area contributed by atoms with Crippen LogP contribution in [-0.2, 0) is 19.7 Å². The summed E-state index contributed by atoms with van der Waals surface area (Å²) in [6.07, 6.45) is 3.87. The number of nitrogens with one attached hydrogen (secondary N) is 1. The molecule has 0 saturated carbocycles. The monoisotopic (exact) mass is 524 g/mol. The van der Waals surface area contributed by atoms with Crippen molar-refractivity contribution in [1.82, 2.24) is 0 Å². The first kappa shape index (κ1) is 24.7. The van der Waals surface area contributed by atoms with Crippen LogP contribution in [-0.4, -0.2) is 50.6 Å². The summed E-state index contributed by atoms with van der Waals surface area (Å²) in [5.41, 5.74) is 1.74. The van der Waals surface area contributed by atoms with Gasteiger partial charge in [0.05, 0.1) is 38.3 Å². The standard InChI is InChI=1S/C31H28N2O6/c1-4-39-29(35)27-26(28(34)20-17-19(37-2)14-15-24(20)38-3)31(21-10-6-7-11-22(21)32-30(31)36)25-16-13-18-9-5-8-12-23(18)33(25)27/h5-17,25-27H,4H2,1-3H3,(H,32,36). The van der Waals surface area contributed by atoms with Crippen LogP contribution in [0, 0.1) is 5.92 Å². The van der Waals surface area contributed by atoms with Gasteiger partial charge >= 0.3 is 5.97 Å². The first-order chi connectivity index (χ1) is 19.0. The largest absolute Gasteiger partial charge is 0.497 e. The summed E-state index contributed by atoms with van der Waals surface area (Å²) in [7, 11) is 2.99. The van der Waals surface area contributed by atoms with Crippen LogP contribution in [0.4, 0.5) is 11.4 Å². The van der Waals surface area contributed by atoms with E-state index in [1.165, 1.54) is 14.2 Å². The van der Waals surface area contributed by atoms with Crippen molar-refractivity contribution in [2.24, 2.45) is 5.92 Å².